The normalized spacial score (nSPS) is 12.0. The Bertz CT molecular complexity index is 537. The van der Waals surface area contributed by atoms with E-state index in [4.69, 9.17) is 24.4 Å². The summed E-state index contributed by atoms with van der Waals surface area (Å²) in [6, 6.07) is 5.13. The lowest BCUT2D eigenvalue weighted by molar-refractivity contribution is 0.321. The van der Waals surface area contributed by atoms with Crippen molar-refractivity contribution in [3.8, 4) is 17.2 Å². The Morgan fingerprint density at radius 3 is 2.26 bits per heavy atom. The highest BCUT2D eigenvalue weighted by molar-refractivity contribution is 5.57. The van der Waals surface area contributed by atoms with Crippen molar-refractivity contribution in [2.75, 3.05) is 21.3 Å². The average Bonchev–Trinajstić information content (AvgIpc) is 2.98. The van der Waals surface area contributed by atoms with Crippen LogP contribution < -0.4 is 19.9 Å². The van der Waals surface area contributed by atoms with E-state index in [0.717, 1.165) is 11.1 Å². The van der Waals surface area contributed by atoms with Crippen molar-refractivity contribution in [1.29, 1.82) is 0 Å². The van der Waals surface area contributed by atoms with Crippen LogP contribution in [0.3, 0.4) is 0 Å². The molecule has 2 rings (SSSR count). The lowest BCUT2D eigenvalue weighted by Gasteiger charge is -2.18. The molecule has 1 aromatic heterocycles. The van der Waals surface area contributed by atoms with Gasteiger partial charge in [-0.25, -0.2) is 0 Å². The number of rotatable bonds is 5. The summed E-state index contributed by atoms with van der Waals surface area (Å²) in [5.74, 6) is 1.69. The topological polar surface area (TPSA) is 66.9 Å². The molecular formula is C14H17NO4. The monoisotopic (exact) mass is 263 g/mol. The van der Waals surface area contributed by atoms with Gasteiger partial charge in [-0.3, -0.25) is 0 Å². The van der Waals surface area contributed by atoms with Gasteiger partial charge < -0.3 is 24.4 Å². The predicted octanol–water partition coefficient (Wildman–Crippen LogP) is 2.35. The standard InChI is InChI=1S/C14H17NO4/c1-16-11-5-4-10(13(17-2)14(11)18-3)12(15)9-6-7-19-8-9/h4-8,12H,15H2,1-3H3. The minimum absolute atomic E-state index is 0.353. The van der Waals surface area contributed by atoms with Crippen LogP contribution in [0.15, 0.2) is 35.1 Å². The van der Waals surface area contributed by atoms with E-state index < -0.39 is 0 Å². The Morgan fingerprint density at radius 1 is 1.00 bits per heavy atom. The molecule has 0 amide bonds. The highest BCUT2D eigenvalue weighted by Crippen LogP contribution is 2.42. The Labute approximate surface area is 111 Å². The maximum atomic E-state index is 6.22. The second kappa shape index (κ2) is 5.67. The predicted molar refractivity (Wildman–Crippen MR) is 70.8 cm³/mol. The molecule has 0 aliphatic heterocycles. The molecule has 102 valence electrons. The van der Waals surface area contributed by atoms with Gasteiger partial charge in [0.1, 0.15) is 0 Å². The van der Waals surface area contributed by atoms with Gasteiger partial charge in [-0.15, -0.1) is 0 Å². The van der Waals surface area contributed by atoms with Crippen molar-refractivity contribution < 1.29 is 18.6 Å². The molecule has 0 saturated carbocycles. The van der Waals surface area contributed by atoms with E-state index in [1.165, 1.54) is 0 Å². The molecule has 0 fully saturated rings. The van der Waals surface area contributed by atoms with Gasteiger partial charge in [-0.2, -0.15) is 0 Å². The van der Waals surface area contributed by atoms with Crippen LogP contribution >= 0.6 is 0 Å². The number of furan rings is 1. The number of hydrogen-bond donors (Lipinski definition) is 1. The fourth-order valence-corrected chi connectivity index (χ4v) is 2.00. The van der Waals surface area contributed by atoms with E-state index in [2.05, 4.69) is 0 Å². The second-order valence-corrected chi connectivity index (χ2v) is 3.96. The van der Waals surface area contributed by atoms with Gasteiger partial charge in [-0.1, -0.05) is 0 Å². The maximum Gasteiger partial charge on any atom is 0.203 e. The molecule has 0 bridgehead atoms. The highest BCUT2D eigenvalue weighted by Gasteiger charge is 2.21. The third kappa shape index (κ3) is 2.37. The maximum absolute atomic E-state index is 6.22. The van der Waals surface area contributed by atoms with Crippen LogP contribution in [-0.2, 0) is 0 Å². The molecular weight excluding hydrogens is 246 g/mol. The number of nitrogens with two attached hydrogens (primary N) is 1. The second-order valence-electron chi connectivity index (χ2n) is 3.96. The molecule has 2 aromatic rings. The average molecular weight is 263 g/mol. The van der Waals surface area contributed by atoms with Crippen LogP contribution in [0.5, 0.6) is 17.2 Å². The summed E-state index contributed by atoms with van der Waals surface area (Å²) in [5, 5.41) is 0. The van der Waals surface area contributed by atoms with Crippen LogP contribution in [0.25, 0.3) is 0 Å². The Balaban J connectivity index is 2.51. The molecule has 0 aliphatic carbocycles. The first kappa shape index (κ1) is 13.3. The van der Waals surface area contributed by atoms with E-state index in [9.17, 15) is 0 Å². The largest absolute Gasteiger partial charge is 0.493 e. The molecule has 2 N–H and O–H groups in total. The zero-order valence-electron chi connectivity index (χ0n) is 11.2. The van der Waals surface area contributed by atoms with Gasteiger partial charge in [-0.05, 0) is 18.2 Å². The van der Waals surface area contributed by atoms with Gasteiger partial charge in [0, 0.05) is 11.1 Å². The van der Waals surface area contributed by atoms with Gasteiger partial charge >= 0.3 is 0 Å². The third-order valence-corrected chi connectivity index (χ3v) is 2.97. The molecule has 1 unspecified atom stereocenters. The SMILES string of the molecule is COc1ccc(C(N)c2ccoc2)c(OC)c1OC. The summed E-state index contributed by atoms with van der Waals surface area (Å²) < 4.78 is 21.0. The Morgan fingerprint density at radius 2 is 1.74 bits per heavy atom. The first-order chi connectivity index (χ1) is 9.22. The third-order valence-electron chi connectivity index (χ3n) is 2.97. The van der Waals surface area contributed by atoms with E-state index >= 15 is 0 Å². The quantitative estimate of drug-likeness (QED) is 0.897. The van der Waals surface area contributed by atoms with Gasteiger partial charge in [0.15, 0.2) is 11.5 Å². The molecule has 5 nitrogen and oxygen atoms in total. The highest BCUT2D eigenvalue weighted by atomic mass is 16.5. The van der Waals surface area contributed by atoms with E-state index in [1.54, 1.807) is 39.9 Å². The van der Waals surface area contributed by atoms with E-state index in [0.29, 0.717) is 17.2 Å². The minimum Gasteiger partial charge on any atom is -0.493 e. The van der Waals surface area contributed by atoms with Gasteiger partial charge in [0.05, 0.1) is 39.9 Å². The van der Waals surface area contributed by atoms with Gasteiger partial charge in [0.2, 0.25) is 5.75 Å². The van der Waals surface area contributed by atoms with Crippen molar-refractivity contribution in [2.24, 2.45) is 5.73 Å². The fourth-order valence-electron chi connectivity index (χ4n) is 2.00. The van der Waals surface area contributed by atoms with Crippen LogP contribution in [-0.4, -0.2) is 21.3 Å². The first-order valence-corrected chi connectivity index (χ1v) is 5.79. The number of ether oxygens (including phenoxy) is 3. The summed E-state index contributed by atoms with van der Waals surface area (Å²) in [4.78, 5) is 0. The molecule has 0 spiro atoms. The smallest absolute Gasteiger partial charge is 0.203 e. The molecule has 0 saturated heterocycles. The van der Waals surface area contributed by atoms with E-state index in [1.807, 2.05) is 12.1 Å². The van der Waals surface area contributed by atoms with E-state index in [-0.39, 0.29) is 6.04 Å². The van der Waals surface area contributed by atoms with Crippen molar-refractivity contribution in [3.05, 3.63) is 41.9 Å². The van der Waals surface area contributed by atoms with Crippen LogP contribution in [0.4, 0.5) is 0 Å². The zero-order valence-corrected chi connectivity index (χ0v) is 11.2. The Kier molecular flexibility index (Phi) is 3.97. The van der Waals surface area contributed by atoms with Crippen LogP contribution in [0.1, 0.15) is 17.2 Å². The fraction of sp³-hybridized carbons (Fsp3) is 0.286. The van der Waals surface area contributed by atoms with Crippen molar-refractivity contribution in [3.63, 3.8) is 0 Å². The summed E-state index contributed by atoms with van der Waals surface area (Å²) >= 11 is 0. The summed E-state index contributed by atoms with van der Waals surface area (Å²) in [6.45, 7) is 0. The molecule has 0 radical (unpaired) electrons. The van der Waals surface area contributed by atoms with Gasteiger partial charge in [0.25, 0.3) is 0 Å². The van der Waals surface area contributed by atoms with Crippen LogP contribution in [0.2, 0.25) is 0 Å². The number of hydrogen-bond acceptors (Lipinski definition) is 5. The number of benzene rings is 1. The summed E-state index contributed by atoms with van der Waals surface area (Å²) in [5.41, 5.74) is 7.89. The van der Waals surface area contributed by atoms with Crippen molar-refractivity contribution in [2.45, 2.75) is 6.04 Å². The molecule has 1 atom stereocenters. The zero-order chi connectivity index (χ0) is 13.8. The molecule has 1 heterocycles. The lowest BCUT2D eigenvalue weighted by atomic mass is 10.0. The first-order valence-electron chi connectivity index (χ1n) is 5.79. The molecule has 5 heteroatoms. The molecule has 0 aliphatic rings. The molecule has 1 aromatic carbocycles. The van der Waals surface area contributed by atoms with Crippen LogP contribution in [0, 0.1) is 0 Å². The number of methoxy groups -OCH3 is 3. The molecule has 19 heavy (non-hydrogen) atoms. The summed E-state index contributed by atoms with van der Waals surface area (Å²) in [6.07, 6.45) is 3.20. The Hall–Kier alpha value is -2.14. The van der Waals surface area contributed by atoms with Crippen molar-refractivity contribution >= 4 is 0 Å². The minimum atomic E-state index is -0.353. The lowest BCUT2D eigenvalue weighted by Crippen LogP contribution is -2.13. The van der Waals surface area contributed by atoms with Crippen molar-refractivity contribution in [1.82, 2.24) is 0 Å². The summed E-state index contributed by atoms with van der Waals surface area (Å²) in [7, 11) is 4.71.